The van der Waals surface area contributed by atoms with Crippen LogP contribution in [0.15, 0.2) is 22.7 Å². The minimum absolute atomic E-state index is 0.564. The second-order valence-electron chi connectivity index (χ2n) is 3.75. The number of methoxy groups -OCH3 is 1. The minimum Gasteiger partial charge on any atom is -0.385 e. The fourth-order valence-electron chi connectivity index (χ4n) is 1.51. The summed E-state index contributed by atoms with van der Waals surface area (Å²) < 4.78 is 6.11. The molecule has 0 fully saturated rings. The van der Waals surface area contributed by atoms with Crippen molar-refractivity contribution in [3.8, 4) is 0 Å². The lowest BCUT2D eigenvalue weighted by molar-refractivity contribution is 0.196. The molecule has 2 N–H and O–H groups in total. The van der Waals surface area contributed by atoms with E-state index in [9.17, 15) is 0 Å². The Balaban J connectivity index is 2.62. The quantitative estimate of drug-likeness (QED) is 0.816. The minimum atomic E-state index is 0.564. The van der Waals surface area contributed by atoms with E-state index in [0.29, 0.717) is 6.54 Å². The van der Waals surface area contributed by atoms with Gasteiger partial charge in [-0.1, -0.05) is 22.0 Å². The second-order valence-corrected chi connectivity index (χ2v) is 4.60. The van der Waals surface area contributed by atoms with Crippen LogP contribution in [0.2, 0.25) is 0 Å². The van der Waals surface area contributed by atoms with Crippen molar-refractivity contribution >= 4 is 21.6 Å². The molecule has 0 radical (unpaired) electrons. The number of halogens is 1. The fraction of sp³-hybridized carbons (Fsp3) is 0.500. The lowest BCUT2D eigenvalue weighted by Crippen LogP contribution is -2.19. The molecule has 0 aromatic heterocycles. The SMILES string of the molecule is COCCCN(C)c1ccc(CN)c(Br)c1. The molecule has 0 saturated carbocycles. The van der Waals surface area contributed by atoms with Crippen molar-refractivity contribution in [1.82, 2.24) is 0 Å². The smallest absolute Gasteiger partial charge is 0.0479 e. The van der Waals surface area contributed by atoms with E-state index in [1.165, 1.54) is 5.69 Å². The zero-order chi connectivity index (χ0) is 12.0. The van der Waals surface area contributed by atoms with Crippen LogP contribution in [0.25, 0.3) is 0 Å². The van der Waals surface area contributed by atoms with Crippen molar-refractivity contribution in [2.24, 2.45) is 5.73 Å². The molecule has 1 aromatic carbocycles. The Hall–Kier alpha value is -0.580. The number of rotatable bonds is 6. The van der Waals surface area contributed by atoms with Gasteiger partial charge in [-0.3, -0.25) is 0 Å². The number of hydrogen-bond acceptors (Lipinski definition) is 3. The van der Waals surface area contributed by atoms with Gasteiger partial charge >= 0.3 is 0 Å². The Bertz CT molecular complexity index is 331. The van der Waals surface area contributed by atoms with Gasteiger partial charge in [-0.15, -0.1) is 0 Å². The van der Waals surface area contributed by atoms with Crippen molar-refractivity contribution < 1.29 is 4.74 Å². The molecule has 4 heteroatoms. The average molecular weight is 287 g/mol. The van der Waals surface area contributed by atoms with Crippen LogP contribution in [0.3, 0.4) is 0 Å². The molecule has 1 aromatic rings. The number of anilines is 1. The molecule has 1 rings (SSSR count). The van der Waals surface area contributed by atoms with E-state index in [-0.39, 0.29) is 0 Å². The van der Waals surface area contributed by atoms with Crippen LogP contribution in [0.4, 0.5) is 5.69 Å². The zero-order valence-corrected chi connectivity index (χ0v) is 11.5. The van der Waals surface area contributed by atoms with Crippen molar-refractivity contribution in [1.29, 1.82) is 0 Å². The third kappa shape index (κ3) is 3.77. The lowest BCUT2D eigenvalue weighted by atomic mass is 10.2. The van der Waals surface area contributed by atoms with E-state index in [1.54, 1.807) is 7.11 Å². The predicted octanol–water partition coefficient (Wildman–Crippen LogP) is 2.38. The number of nitrogens with two attached hydrogens (primary N) is 1. The molecular weight excluding hydrogens is 268 g/mol. The van der Waals surface area contributed by atoms with Gasteiger partial charge in [-0.05, 0) is 24.1 Å². The number of hydrogen-bond donors (Lipinski definition) is 1. The summed E-state index contributed by atoms with van der Waals surface area (Å²) >= 11 is 3.53. The third-order valence-electron chi connectivity index (χ3n) is 2.54. The van der Waals surface area contributed by atoms with Gasteiger partial charge in [0.2, 0.25) is 0 Å². The van der Waals surface area contributed by atoms with E-state index in [1.807, 2.05) is 0 Å². The van der Waals surface area contributed by atoms with Crippen LogP contribution in [0.5, 0.6) is 0 Å². The first-order valence-corrected chi connectivity index (χ1v) is 6.17. The summed E-state index contributed by atoms with van der Waals surface area (Å²) in [6, 6.07) is 6.26. The van der Waals surface area contributed by atoms with Crippen LogP contribution >= 0.6 is 15.9 Å². The monoisotopic (exact) mass is 286 g/mol. The van der Waals surface area contributed by atoms with E-state index < -0.39 is 0 Å². The van der Waals surface area contributed by atoms with Gasteiger partial charge in [-0.25, -0.2) is 0 Å². The number of ether oxygens (including phenoxy) is 1. The summed E-state index contributed by atoms with van der Waals surface area (Å²) in [5.41, 5.74) is 7.94. The highest BCUT2D eigenvalue weighted by atomic mass is 79.9. The lowest BCUT2D eigenvalue weighted by Gasteiger charge is -2.20. The Labute approximate surface area is 106 Å². The van der Waals surface area contributed by atoms with Crippen LogP contribution < -0.4 is 10.6 Å². The second kappa shape index (κ2) is 6.89. The predicted molar refractivity (Wildman–Crippen MR) is 71.8 cm³/mol. The highest BCUT2D eigenvalue weighted by Crippen LogP contribution is 2.23. The summed E-state index contributed by atoms with van der Waals surface area (Å²) in [6.07, 6.45) is 1.03. The summed E-state index contributed by atoms with van der Waals surface area (Å²) in [5, 5.41) is 0. The molecular formula is C12H19BrN2O. The van der Waals surface area contributed by atoms with E-state index in [2.05, 4.69) is 46.1 Å². The Morgan fingerprint density at radius 1 is 1.44 bits per heavy atom. The van der Waals surface area contributed by atoms with Gasteiger partial charge in [0.25, 0.3) is 0 Å². The molecule has 0 heterocycles. The summed E-state index contributed by atoms with van der Waals surface area (Å²) in [4.78, 5) is 2.21. The van der Waals surface area contributed by atoms with Gasteiger partial charge in [0.1, 0.15) is 0 Å². The van der Waals surface area contributed by atoms with E-state index in [0.717, 1.165) is 29.6 Å². The first kappa shape index (κ1) is 13.5. The molecule has 0 saturated heterocycles. The van der Waals surface area contributed by atoms with Crippen LogP contribution in [0, 0.1) is 0 Å². The van der Waals surface area contributed by atoms with Crippen LogP contribution in [-0.2, 0) is 11.3 Å². The van der Waals surface area contributed by atoms with Crippen LogP contribution in [0.1, 0.15) is 12.0 Å². The van der Waals surface area contributed by atoms with E-state index >= 15 is 0 Å². The molecule has 3 nitrogen and oxygen atoms in total. The normalized spacial score (nSPS) is 10.5. The highest BCUT2D eigenvalue weighted by molar-refractivity contribution is 9.10. The van der Waals surface area contributed by atoms with Crippen molar-refractivity contribution in [2.75, 3.05) is 32.2 Å². The maximum atomic E-state index is 5.61. The van der Waals surface area contributed by atoms with Gasteiger partial charge in [0.15, 0.2) is 0 Å². The molecule has 0 amide bonds. The molecule has 0 unspecified atom stereocenters. The summed E-state index contributed by atoms with van der Waals surface area (Å²) in [7, 11) is 3.81. The van der Waals surface area contributed by atoms with E-state index in [4.69, 9.17) is 10.5 Å². The molecule has 0 atom stereocenters. The molecule has 0 spiro atoms. The fourth-order valence-corrected chi connectivity index (χ4v) is 2.04. The van der Waals surface area contributed by atoms with Crippen LogP contribution in [-0.4, -0.2) is 27.3 Å². The highest BCUT2D eigenvalue weighted by Gasteiger charge is 2.04. The maximum Gasteiger partial charge on any atom is 0.0479 e. The third-order valence-corrected chi connectivity index (χ3v) is 3.28. The average Bonchev–Trinajstić information content (AvgIpc) is 2.29. The van der Waals surface area contributed by atoms with Gasteiger partial charge in [0.05, 0.1) is 0 Å². The standard InChI is InChI=1S/C12H19BrN2O/c1-15(6-3-7-16-2)11-5-4-10(9-14)12(13)8-11/h4-5,8H,3,6-7,9,14H2,1-2H3. The van der Waals surface area contributed by atoms with Crippen molar-refractivity contribution in [3.63, 3.8) is 0 Å². The largest absolute Gasteiger partial charge is 0.385 e. The Morgan fingerprint density at radius 3 is 2.75 bits per heavy atom. The summed E-state index contributed by atoms with van der Waals surface area (Å²) in [6.45, 7) is 2.35. The number of nitrogens with zero attached hydrogens (tertiary/aromatic N) is 1. The van der Waals surface area contributed by atoms with Crippen molar-refractivity contribution in [3.05, 3.63) is 28.2 Å². The number of benzene rings is 1. The molecule has 0 bridgehead atoms. The molecule has 16 heavy (non-hydrogen) atoms. The first-order valence-electron chi connectivity index (χ1n) is 5.37. The van der Waals surface area contributed by atoms with Crippen molar-refractivity contribution in [2.45, 2.75) is 13.0 Å². The summed E-state index contributed by atoms with van der Waals surface area (Å²) in [5.74, 6) is 0. The van der Waals surface area contributed by atoms with Gasteiger partial charge < -0.3 is 15.4 Å². The molecule has 0 aliphatic carbocycles. The Morgan fingerprint density at radius 2 is 2.19 bits per heavy atom. The first-order chi connectivity index (χ1) is 7.69. The van der Waals surface area contributed by atoms with Gasteiger partial charge in [0, 0.05) is 44.0 Å². The van der Waals surface area contributed by atoms with Gasteiger partial charge in [-0.2, -0.15) is 0 Å². The zero-order valence-electron chi connectivity index (χ0n) is 9.87. The Kier molecular flexibility index (Phi) is 5.80. The molecule has 90 valence electrons. The molecule has 0 aliphatic rings. The topological polar surface area (TPSA) is 38.5 Å². The maximum absolute atomic E-state index is 5.61. The molecule has 0 aliphatic heterocycles.